The quantitative estimate of drug-likeness (QED) is 0.228. The SMILES string of the molecule is Cl.[H]/N=C(/N)NCCC[C@@H](N)C(=O)O. The number of nitrogens with one attached hydrogen (secondary N) is 2. The molecule has 0 aromatic carbocycles. The average molecular weight is 211 g/mol. The molecule has 0 rings (SSSR count). The van der Waals surface area contributed by atoms with E-state index < -0.39 is 12.0 Å². The highest BCUT2D eigenvalue weighted by molar-refractivity contribution is 5.85. The third-order valence-corrected chi connectivity index (χ3v) is 1.32. The molecule has 0 aliphatic heterocycles. The molecule has 1 atom stereocenters. The summed E-state index contributed by atoms with van der Waals surface area (Å²) >= 11 is 0. The van der Waals surface area contributed by atoms with E-state index in [2.05, 4.69) is 10.7 Å². The highest BCUT2D eigenvalue weighted by Gasteiger charge is 2.09. The summed E-state index contributed by atoms with van der Waals surface area (Å²) in [5.74, 6) is -0.994. The number of nitrogens with two attached hydrogens (primary N) is 2. The van der Waals surface area contributed by atoms with Crippen LogP contribution in [-0.4, -0.2) is 29.6 Å². The summed E-state index contributed by atoms with van der Waals surface area (Å²) in [6.45, 7) is 0.467. The predicted molar refractivity (Wildman–Crippen MR) is 52.0 cm³/mol. The summed E-state index contributed by atoms with van der Waals surface area (Å²) in [4.78, 5) is 10.3. The van der Waals surface area contributed by atoms with Crippen LogP contribution in [0.3, 0.4) is 0 Å². The number of carboxylic acids is 1. The topological polar surface area (TPSA) is 125 Å². The Balaban J connectivity index is 0. The third kappa shape index (κ3) is 8.90. The Labute approximate surface area is 84.1 Å². The molecule has 0 saturated carbocycles. The minimum atomic E-state index is -1.01. The summed E-state index contributed by atoms with van der Waals surface area (Å²) in [5.41, 5.74) is 10.4. The first-order valence-electron chi connectivity index (χ1n) is 4.02. The van der Waals surface area contributed by atoms with E-state index in [1.54, 1.807) is 0 Å². The van der Waals surface area contributed by atoms with Crippen LogP contribution >= 0.6 is 12.4 Å². The molecular formula is C6H15ClN4O2. The molecule has 0 unspecified atom stereocenters. The van der Waals surface area contributed by atoms with E-state index in [9.17, 15) is 4.79 Å². The van der Waals surface area contributed by atoms with Gasteiger partial charge >= 0.3 is 5.97 Å². The van der Waals surface area contributed by atoms with Gasteiger partial charge in [-0.1, -0.05) is 0 Å². The van der Waals surface area contributed by atoms with E-state index in [0.717, 1.165) is 0 Å². The Hall–Kier alpha value is -1.01. The largest absolute Gasteiger partial charge is 0.480 e. The van der Waals surface area contributed by atoms with Gasteiger partial charge in [-0.3, -0.25) is 10.2 Å². The van der Waals surface area contributed by atoms with Crippen molar-refractivity contribution in [1.82, 2.24) is 5.32 Å². The molecule has 0 aromatic rings. The first-order chi connectivity index (χ1) is 6.07. The van der Waals surface area contributed by atoms with Gasteiger partial charge in [0, 0.05) is 6.54 Å². The molecule has 6 nitrogen and oxygen atoms in total. The second-order valence-corrected chi connectivity index (χ2v) is 2.40. The van der Waals surface area contributed by atoms with Crippen molar-refractivity contribution < 1.29 is 11.3 Å². The second-order valence-electron chi connectivity index (χ2n) is 2.40. The van der Waals surface area contributed by atoms with Gasteiger partial charge in [0.15, 0.2) is 7.37 Å². The summed E-state index contributed by atoms with van der Waals surface area (Å²) in [6, 6.07) is -0.837. The van der Waals surface area contributed by atoms with Crippen molar-refractivity contribution in [3.63, 3.8) is 0 Å². The number of carboxylic acid groups (broad SMARTS) is 1. The van der Waals surface area contributed by atoms with Gasteiger partial charge in [0.1, 0.15) is 6.04 Å². The van der Waals surface area contributed by atoms with Gasteiger partial charge in [0.05, 0.1) is 0 Å². The molecule has 78 valence electrons. The third-order valence-electron chi connectivity index (χ3n) is 1.32. The van der Waals surface area contributed by atoms with Crippen LogP contribution in [0.1, 0.15) is 12.8 Å². The highest BCUT2D eigenvalue weighted by atomic mass is 35.5. The summed E-state index contributed by atoms with van der Waals surface area (Å²) in [7, 11) is 0. The number of halogens is 1. The van der Waals surface area contributed by atoms with E-state index in [-0.39, 0.29) is 18.4 Å². The van der Waals surface area contributed by atoms with Crippen molar-refractivity contribution >= 4 is 24.3 Å². The van der Waals surface area contributed by atoms with E-state index in [1.807, 2.05) is 0 Å². The lowest BCUT2D eigenvalue weighted by molar-refractivity contribution is -0.138. The normalized spacial score (nSPS) is 13.9. The number of hydrogen-bond acceptors (Lipinski definition) is 3. The molecule has 7 N–H and O–H groups in total. The summed E-state index contributed by atoms with van der Waals surface area (Å²) in [6.07, 6.45) is 0.942. The van der Waals surface area contributed by atoms with Crippen LogP contribution in [0.5, 0.6) is 0 Å². The number of aliphatic carboxylic acids is 1. The van der Waals surface area contributed by atoms with Gasteiger partial charge in [-0.2, -0.15) is 0 Å². The molecule has 7 heteroatoms. The van der Waals surface area contributed by atoms with Crippen molar-refractivity contribution in [3.8, 4) is 0 Å². The number of rotatable bonds is 5. The Bertz CT molecular complexity index is 202. The molecule has 0 heterocycles. The number of carbonyl (C=O) groups is 1. The van der Waals surface area contributed by atoms with Crippen molar-refractivity contribution in [3.05, 3.63) is 0 Å². The van der Waals surface area contributed by atoms with Crippen molar-refractivity contribution in [2.45, 2.75) is 18.9 Å². The number of guanidine groups is 1. The fourth-order valence-electron chi connectivity index (χ4n) is 0.662. The van der Waals surface area contributed by atoms with Crippen molar-refractivity contribution in [2.24, 2.45) is 11.5 Å². The first-order valence-corrected chi connectivity index (χ1v) is 3.57. The molecule has 0 bridgehead atoms. The second kappa shape index (κ2) is 7.63. The molecular weight excluding hydrogens is 196 g/mol. The van der Waals surface area contributed by atoms with Crippen LogP contribution in [0.25, 0.3) is 0 Å². The van der Waals surface area contributed by atoms with E-state index in [4.69, 9.17) is 18.0 Å². The molecule has 0 amide bonds. The summed E-state index contributed by atoms with van der Waals surface area (Å²) in [5, 5.41) is 14.0. The van der Waals surface area contributed by atoms with E-state index >= 15 is 0 Å². The Kier molecular flexibility index (Phi) is 7.04. The zero-order chi connectivity index (χ0) is 10.3. The lowest BCUT2D eigenvalue weighted by atomic mass is 10.2. The summed E-state index contributed by atoms with van der Waals surface area (Å²) < 4.78 is 6.48. The molecule has 0 fully saturated rings. The van der Waals surface area contributed by atoms with Gasteiger partial charge in [0.25, 0.3) is 0 Å². The number of hydrogen-bond donors (Lipinski definition) is 5. The van der Waals surface area contributed by atoms with E-state index in [1.165, 1.54) is 0 Å². The van der Waals surface area contributed by atoms with Crippen LogP contribution in [0, 0.1) is 5.40 Å². The lowest BCUT2D eigenvalue weighted by Gasteiger charge is -2.06. The maximum absolute atomic E-state index is 10.3. The molecule has 0 saturated heterocycles. The molecule has 0 spiro atoms. The minimum absolute atomic E-state index is 0. The molecule has 13 heavy (non-hydrogen) atoms. The fraction of sp³-hybridized carbons (Fsp3) is 0.667. The monoisotopic (exact) mass is 210 g/mol. The van der Waals surface area contributed by atoms with Crippen LogP contribution < -0.4 is 16.8 Å². The standard InChI is InChI=1S/C6H14N4O2.ClH/c7-4(5(11)12)2-1-3-10-6(8)9;/h4H,1-3,7H2,(H,11,12)(H4,8,9,10);1H/t4-;/m1./s1. The molecule has 0 aliphatic carbocycles. The Morgan fingerprint density at radius 1 is 1.77 bits per heavy atom. The molecule has 0 radical (unpaired) electrons. The maximum Gasteiger partial charge on any atom is 0.320 e. The van der Waals surface area contributed by atoms with Crippen LogP contribution in [0.2, 0.25) is 1.41 Å². The highest BCUT2D eigenvalue weighted by Crippen LogP contribution is 1.92. The minimum Gasteiger partial charge on any atom is -0.480 e. The predicted octanol–water partition coefficient (Wildman–Crippen LogP) is -0.917. The van der Waals surface area contributed by atoms with E-state index in [0.29, 0.717) is 19.4 Å². The molecule has 0 aromatic heterocycles. The van der Waals surface area contributed by atoms with Crippen LogP contribution in [-0.2, 0) is 4.79 Å². The molecule has 0 aliphatic rings. The van der Waals surface area contributed by atoms with Gasteiger partial charge in [-0.15, -0.1) is 12.4 Å². The van der Waals surface area contributed by atoms with Gasteiger partial charge in [-0.25, -0.2) is 0 Å². The van der Waals surface area contributed by atoms with Gasteiger partial charge < -0.3 is 21.9 Å². The zero-order valence-electron chi connectivity index (χ0n) is 8.06. The zero-order valence-corrected chi connectivity index (χ0v) is 7.88. The lowest BCUT2D eigenvalue weighted by Crippen LogP contribution is -2.34. The average Bonchev–Trinajstić information content (AvgIpc) is 2.11. The van der Waals surface area contributed by atoms with Crippen molar-refractivity contribution in [1.29, 1.82) is 5.40 Å². The van der Waals surface area contributed by atoms with Crippen molar-refractivity contribution in [2.75, 3.05) is 6.54 Å². The van der Waals surface area contributed by atoms with Gasteiger partial charge in [0.2, 0.25) is 0 Å². The van der Waals surface area contributed by atoms with Crippen LogP contribution in [0.15, 0.2) is 0 Å². The smallest absolute Gasteiger partial charge is 0.320 e. The maximum atomic E-state index is 10.3. The first kappa shape index (κ1) is 12.0. The fourth-order valence-corrected chi connectivity index (χ4v) is 0.662. The Morgan fingerprint density at radius 3 is 2.85 bits per heavy atom. The van der Waals surface area contributed by atoms with Gasteiger partial charge in [-0.05, 0) is 12.8 Å². The Morgan fingerprint density at radius 2 is 2.38 bits per heavy atom. The van der Waals surface area contributed by atoms with Crippen LogP contribution in [0.4, 0.5) is 0 Å².